The molecule has 0 radical (unpaired) electrons. The Balaban J connectivity index is 2.08. The van der Waals surface area contributed by atoms with Gasteiger partial charge in [-0.25, -0.2) is 0 Å². The molecule has 0 atom stereocenters. The summed E-state index contributed by atoms with van der Waals surface area (Å²) in [6.07, 6.45) is 8.74. The number of nitrogens with one attached hydrogen (secondary N) is 2. The van der Waals surface area contributed by atoms with E-state index in [2.05, 4.69) is 27.1 Å². The van der Waals surface area contributed by atoms with Crippen molar-refractivity contribution < 1.29 is 4.79 Å². The van der Waals surface area contributed by atoms with Crippen LogP contribution in [0.3, 0.4) is 0 Å². The monoisotopic (exact) mass is 294 g/mol. The molecule has 1 aliphatic rings. The Kier molecular flexibility index (Phi) is 8.55. The van der Waals surface area contributed by atoms with Gasteiger partial charge in [0, 0.05) is 39.6 Å². The summed E-state index contributed by atoms with van der Waals surface area (Å²) in [4.78, 5) is 17.9. The van der Waals surface area contributed by atoms with Gasteiger partial charge in [0.2, 0.25) is 5.91 Å². The molecule has 5 heteroatoms. The van der Waals surface area contributed by atoms with Gasteiger partial charge in [0.05, 0.1) is 0 Å². The normalized spacial score (nSPS) is 14.7. The molecule has 120 valence electrons. The lowest BCUT2D eigenvalue weighted by Crippen LogP contribution is -2.43. The maximum atomic E-state index is 11.5. The fourth-order valence-electron chi connectivity index (χ4n) is 2.15. The Labute approximate surface area is 128 Å². The van der Waals surface area contributed by atoms with Gasteiger partial charge < -0.3 is 15.5 Å². The van der Waals surface area contributed by atoms with Crippen molar-refractivity contribution in [2.45, 2.75) is 38.5 Å². The highest BCUT2D eigenvalue weighted by Gasteiger charge is 2.28. The number of guanidine groups is 1. The highest BCUT2D eigenvalue weighted by Crippen LogP contribution is 2.28. The second kappa shape index (κ2) is 10.2. The van der Waals surface area contributed by atoms with Crippen molar-refractivity contribution in [3.63, 3.8) is 0 Å². The first-order valence-corrected chi connectivity index (χ1v) is 7.99. The van der Waals surface area contributed by atoms with Gasteiger partial charge in [-0.15, -0.1) is 6.58 Å². The second-order valence-corrected chi connectivity index (χ2v) is 5.60. The number of nitrogens with zero attached hydrogens (tertiary/aromatic N) is 2. The summed E-state index contributed by atoms with van der Waals surface area (Å²) in [7, 11) is 3.84. The van der Waals surface area contributed by atoms with Crippen molar-refractivity contribution in [3.8, 4) is 0 Å². The molecule has 0 heterocycles. The molecule has 0 unspecified atom stereocenters. The number of amides is 1. The van der Waals surface area contributed by atoms with Crippen molar-refractivity contribution in [2.24, 2.45) is 10.9 Å². The summed E-state index contributed by atoms with van der Waals surface area (Å²) in [5, 5.41) is 6.23. The van der Waals surface area contributed by atoms with E-state index in [1.54, 1.807) is 7.05 Å². The number of aliphatic imine (C=N–C) groups is 1. The molecule has 0 aliphatic heterocycles. The number of allylic oxidation sites excluding steroid dienone is 1. The number of carbonyl (C=O) groups is 1. The van der Waals surface area contributed by atoms with Gasteiger partial charge in [0.25, 0.3) is 0 Å². The zero-order chi connectivity index (χ0) is 15.5. The van der Waals surface area contributed by atoms with E-state index in [0.717, 1.165) is 38.2 Å². The Hall–Kier alpha value is -1.52. The third kappa shape index (κ3) is 7.73. The van der Waals surface area contributed by atoms with Crippen LogP contribution in [0.15, 0.2) is 17.6 Å². The summed E-state index contributed by atoms with van der Waals surface area (Å²) >= 11 is 0. The number of rotatable bonds is 10. The first-order valence-electron chi connectivity index (χ1n) is 7.99. The van der Waals surface area contributed by atoms with Crippen molar-refractivity contribution >= 4 is 11.9 Å². The molecule has 1 aliphatic carbocycles. The summed E-state index contributed by atoms with van der Waals surface area (Å²) in [6.45, 7) is 6.09. The van der Waals surface area contributed by atoms with Gasteiger partial charge in [-0.1, -0.05) is 12.5 Å². The number of hydrogen-bond donors (Lipinski definition) is 2. The lowest BCUT2D eigenvalue weighted by atomic mass is 10.2. The van der Waals surface area contributed by atoms with Crippen LogP contribution in [-0.2, 0) is 4.79 Å². The molecular formula is C16H30N4O. The Morgan fingerprint density at radius 1 is 1.29 bits per heavy atom. The van der Waals surface area contributed by atoms with Gasteiger partial charge in [-0.05, 0) is 32.1 Å². The molecule has 0 spiro atoms. The van der Waals surface area contributed by atoms with Crippen LogP contribution in [0.4, 0.5) is 0 Å². The lowest BCUT2D eigenvalue weighted by molar-refractivity contribution is -0.122. The van der Waals surface area contributed by atoms with Gasteiger partial charge in [0.1, 0.15) is 0 Å². The van der Waals surface area contributed by atoms with Crippen LogP contribution < -0.4 is 10.6 Å². The summed E-state index contributed by atoms with van der Waals surface area (Å²) in [5.41, 5.74) is 0. The minimum absolute atomic E-state index is 0.197. The summed E-state index contributed by atoms with van der Waals surface area (Å²) < 4.78 is 0. The van der Waals surface area contributed by atoms with E-state index in [1.807, 2.05) is 13.1 Å². The van der Waals surface area contributed by atoms with E-state index < -0.39 is 0 Å². The predicted octanol–water partition coefficient (Wildman–Crippen LogP) is 1.77. The number of unbranched alkanes of at least 4 members (excludes halogenated alkanes) is 3. The minimum atomic E-state index is 0.197. The van der Waals surface area contributed by atoms with Crippen molar-refractivity contribution in [1.82, 2.24) is 15.5 Å². The molecular weight excluding hydrogens is 264 g/mol. The van der Waals surface area contributed by atoms with Crippen LogP contribution in [0, 0.1) is 5.92 Å². The van der Waals surface area contributed by atoms with E-state index in [9.17, 15) is 4.79 Å². The van der Waals surface area contributed by atoms with E-state index in [4.69, 9.17) is 0 Å². The lowest BCUT2D eigenvalue weighted by Gasteiger charge is -2.22. The molecule has 1 saturated carbocycles. The Morgan fingerprint density at radius 2 is 2.00 bits per heavy atom. The van der Waals surface area contributed by atoms with Crippen LogP contribution in [0.5, 0.6) is 0 Å². The van der Waals surface area contributed by atoms with Crippen LogP contribution in [-0.4, -0.2) is 50.5 Å². The first-order chi connectivity index (χ1) is 10.2. The minimum Gasteiger partial charge on any atom is -0.354 e. The Bertz CT molecular complexity index is 350. The third-order valence-corrected chi connectivity index (χ3v) is 3.63. The van der Waals surface area contributed by atoms with Crippen molar-refractivity contribution in [2.75, 3.05) is 33.7 Å². The van der Waals surface area contributed by atoms with Gasteiger partial charge >= 0.3 is 0 Å². The average molecular weight is 294 g/mol. The SMILES string of the molecule is C=CCCCCCN(C)C(=NC)NCCNC(=O)C1CC1. The molecule has 1 rings (SSSR count). The molecule has 2 N–H and O–H groups in total. The molecule has 5 nitrogen and oxygen atoms in total. The molecule has 0 saturated heterocycles. The molecule has 1 amide bonds. The smallest absolute Gasteiger partial charge is 0.223 e. The number of hydrogen-bond acceptors (Lipinski definition) is 2. The fourth-order valence-corrected chi connectivity index (χ4v) is 2.15. The van der Waals surface area contributed by atoms with Gasteiger partial charge in [-0.2, -0.15) is 0 Å². The zero-order valence-electron chi connectivity index (χ0n) is 13.5. The van der Waals surface area contributed by atoms with E-state index in [0.29, 0.717) is 13.1 Å². The van der Waals surface area contributed by atoms with Crippen molar-refractivity contribution in [3.05, 3.63) is 12.7 Å². The molecule has 0 aromatic heterocycles. The number of carbonyl (C=O) groups excluding carboxylic acids is 1. The Morgan fingerprint density at radius 3 is 2.62 bits per heavy atom. The average Bonchev–Trinajstić information content (AvgIpc) is 3.31. The predicted molar refractivity (Wildman–Crippen MR) is 88.4 cm³/mol. The summed E-state index contributed by atoms with van der Waals surface area (Å²) in [6, 6.07) is 0. The molecule has 1 fully saturated rings. The second-order valence-electron chi connectivity index (χ2n) is 5.60. The topological polar surface area (TPSA) is 56.7 Å². The highest BCUT2D eigenvalue weighted by atomic mass is 16.2. The van der Waals surface area contributed by atoms with E-state index in [-0.39, 0.29) is 11.8 Å². The zero-order valence-corrected chi connectivity index (χ0v) is 13.5. The molecule has 0 bridgehead atoms. The summed E-state index contributed by atoms with van der Waals surface area (Å²) in [5.74, 6) is 1.37. The van der Waals surface area contributed by atoms with E-state index in [1.165, 1.54) is 12.8 Å². The largest absolute Gasteiger partial charge is 0.354 e. The van der Waals surface area contributed by atoms with Crippen LogP contribution in [0.25, 0.3) is 0 Å². The maximum Gasteiger partial charge on any atom is 0.223 e. The van der Waals surface area contributed by atoms with Crippen LogP contribution >= 0.6 is 0 Å². The molecule has 0 aromatic rings. The van der Waals surface area contributed by atoms with Crippen LogP contribution in [0.1, 0.15) is 38.5 Å². The molecule has 21 heavy (non-hydrogen) atoms. The maximum absolute atomic E-state index is 11.5. The van der Waals surface area contributed by atoms with Crippen LogP contribution in [0.2, 0.25) is 0 Å². The standard InChI is InChI=1S/C16H30N4O/c1-4-5-6-7-8-13-20(3)16(17-2)19-12-11-18-15(21)14-9-10-14/h4,14H,1,5-13H2,2-3H3,(H,17,19)(H,18,21). The molecule has 0 aromatic carbocycles. The fraction of sp³-hybridized carbons (Fsp3) is 0.750. The van der Waals surface area contributed by atoms with Gasteiger partial charge in [-0.3, -0.25) is 9.79 Å². The first kappa shape index (κ1) is 17.5. The highest BCUT2D eigenvalue weighted by molar-refractivity contribution is 5.81. The van der Waals surface area contributed by atoms with Crippen molar-refractivity contribution in [1.29, 1.82) is 0 Å². The third-order valence-electron chi connectivity index (χ3n) is 3.63. The van der Waals surface area contributed by atoms with Gasteiger partial charge in [0.15, 0.2) is 5.96 Å². The quantitative estimate of drug-likeness (QED) is 0.279. The van der Waals surface area contributed by atoms with E-state index >= 15 is 0 Å².